The van der Waals surface area contributed by atoms with Crippen LogP contribution >= 0.6 is 29.1 Å². The van der Waals surface area contributed by atoms with Crippen LogP contribution in [0.5, 0.6) is 0 Å². The second-order valence-electron chi connectivity index (χ2n) is 2.27. The number of halogens is 3. The fraction of sp³-hybridized carbons (Fsp3) is 1.00. The first-order valence-electron chi connectivity index (χ1n) is 3.40. The standard InChI is InChI=1S/C6H12.3ClH.Ru/c1-2-4-6-5-3-1;;;;/h1-6H2;3*1H;/q;;;;+3/p-3. The topological polar surface area (TPSA) is 0 Å². The van der Waals surface area contributed by atoms with Crippen molar-refractivity contribution in [2.75, 3.05) is 0 Å². The van der Waals surface area contributed by atoms with Crippen molar-refractivity contribution in [3.63, 3.8) is 0 Å². The molecule has 0 unspecified atom stereocenters. The molecule has 0 amide bonds. The van der Waals surface area contributed by atoms with Crippen molar-refractivity contribution in [3.05, 3.63) is 0 Å². The van der Waals surface area contributed by atoms with Crippen molar-refractivity contribution in [3.8, 4) is 0 Å². The second kappa shape index (κ2) is 8.59. The van der Waals surface area contributed by atoms with Gasteiger partial charge in [0, 0.05) is 0 Å². The Bertz CT molecular complexity index is 49.7. The van der Waals surface area contributed by atoms with E-state index in [0.717, 1.165) is 0 Å². The van der Waals surface area contributed by atoms with Crippen LogP contribution in [0.2, 0.25) is 0 Å². The van der Waals surface area contributed by atoms with Crippen LogP contribution in [0, 0.1) is 0 Å². The normalized spacial score (nSPS) is 18.9. The molecule has 1 aliphatic carbocycles. The molecule has 1 fully saturated rings. The molecule has 0 aromatic heterocycles. The minimum absolute atomic E-state index is 1.50. The average Bonchev–Trinajstić information content (AvgIpc) is 1.90. The van der Waals surface area contributed by atoms with Crippen molar-refractivity contribution >= 4 is 29.1 Å². The molecule has 4 heteroatoms. The van der Waals surface area contributed by atoms with E-state index in [9.17, 15) is 0 Å². The summed E-state index contributed by atoms with van der Waals surface area (Å²) in [5.74, 6) is 0. The van der Waals surface area contributed by atoms with E-state index in [1.807, 2.05) is 0 Å². The van der Waals surface area contributed by atoms with Gasteiger partial charge in [0.05, 0.1) is 0 Å². The summed E-state index contributed by atoms with van der Waals surface area (Å²) in [5.41, 5.74) is 0. The summed E-state index contributed by atoms with van der Waals surface area (Å²) >= 11 is -1.75. The summed E-state index contributed by atoms with van der Waals surface area (Å²) in [6.07, 6.45) is 9.00. The van der Waals surface area contributed by atoms with E-state index in [2.05, 4.69) is 0 Å². The van der Waals surface area contributed by atoms with E-state index in [4.69, 9.17) is 29.1 Å². The van der Waals surface area contributed by atoms with Gasteiger partial charge in [-0.25, -0.2) is 0 Å². The quantitative estimate of drug-likeness (QED) is 0.580. The van der Waals surface area contributed by atoms with Crippen LogP contribution in [-0.4, -0.2) is 0 Å². The van der Waals surface area contributed by atoms with E-state index < -0.39 is 13.0 Å². The van der Waals surface area contributed by atoms with Crippen LogP contribution in [0.15, 0.2) is 0 Å². The zero-order valence-corrected chi connectivity index (χ0v) is 9.74. The van der Waals surface area contributed by atoms with Crippen molar-refractivity contribution < 1.29 is 13.0 Å². The van der Waals surface area contributed by atoms with Crippen molar-refractivity contribution in [2.45, 2.75) is 38.5 Å². The zero-order chi connectivity index (χ0) is 7.82. The third-order valence-corrected chi connectivity index (χ3v) is 1.50. The predicted molar refractivity (Wildman–Crippen MR) is 45.3 cm³/mol. The van der Waals surface area contributed by atoms with Gasteiger partial charge in [-0.2, -0.15) is 0 Å². The molecule has 1 rings (SSSR count). The fourth-order valence-corrected chi connectivity index (χ4v) is 1.06. The molecule has 10 heavy (non-hydrogen) atoms. The Morgan fingerprint density at radius 3 is 0.800 bits per heavy atom. The molecule has 0 radical (unpaired) electrons. The Hall–Kier alpha value is 1.49. The van der Waals surface area contributed by atoms with Crippen molar-refractivity contribution in [2.24, 2.45) is 0 Å². The maximum absolute atomic E-state index is 4.95. The van der Waals surface area contributed by atoms with Crippen LogP contribution in [0.4, 0.5) is 0 Å². The second-order valence-corrected chi connectivity index (χ2v) is 10.2. The number of hydrogen-bond donors (Lipinski definition) is 0. The van der Waals surface area contributed by atoms with Gasteiger partial charge in [-0.1, -0.05) is 38.5 Å². The zero-order valence-electron chi connectivity index (χ0n) is 5.73. The summed E-state index contributed by atoms with van der Waals surface area (Å²) < 4.78 is 0. The predicted octanol–water partition coefficient (Wildman–Crippen LogP) is 4.41. The molecule has 0 N–H and O–H groups in total. The first-order valence-corrected chi connectivity index (χ1v) is 10.1. The Morgan fingerprint density at radius 2 is 0.700 bits per heavy atom. The summed E-state index contributed by atoms with van der Waals surface area (Å²) in [6, 6.07) is 0. The molecular formula is C6H12Cl3Ru. The van der Waals surface area contributed by atoms with Gasteiger partial charge in [-0.3, -0.25) is 0 Å². The van der Waals surface area contributed by atoms with Gasteiger partial charge in [0.2, 0.25) is 0 Å². The molecule has 0 aromatic rings. The molecule has 0 aromatic carbocycles. The molecular weight excluding hydrogens is 279 g/mol. The van der Waals surface area contributed by atoms with Crippen LogP contribution in [0.3, 0.4) is 0 Å². The molecule has 1 aliphatic rings. The monoisotopic (exact) mass is 291 g/mol. The van der Waals surface area contributed by atoms with Gasteiger partial charge in [0.1, 0.15) is 0 Å². The van der Waals surface area contributed by atoms with E-state index in [1.54, 1.807) is 0 Å². The van der Waals surface area contributed by atoms with E-state index in [0.29, 0.717) is 0 Å². The molecule has 0 atom stereocenters. The summed E-state index contributed by atoms with van der Waals surface area (Å²) in [7, 11) is 14.8. The van der Waals surface area contributed by atoms with Crippen molar-refractivity contribution in [1.82, 2.24) is 0 Å². The Morgan fingerprint density at radius 1 is 0.600 bits per heavy atom. The molecule has 0 heterocycles. The molecule has 1 saturated carbocycles. The first kappa shape index (κ1) is 11.5. The number of hydrogen-bond acceptors (Lipinski definition) is 0. The minimum atomic E-state index is -1.75. The Labute approximate surface area is 80.3 Å². The van der Waals surface area contributed by atoms with Gasteiger partial charge in [-0.15, -0.1) is 0 Å². The molecule has 0 aliphatic heterocycles. The first-order chi connectivity index (χ1) is 4.73. The Kier molecular flexibility index (Phi) is 9.87. The summed E-state index contributed by atoms with van der Waals surface area (Å²) in [4.78, 5) is 0. The third kappa shape index (κ3) is 12.2. The molecule has 0 nitrogen and oxygen atoms in total. The SMILES string of the molecule is C1CCCCC1.[Cl][Ru]([Cl])[Cl]. The van der Waals surface area contributed by atoms with E-state index >= 15 is 0 Å². The molecule has 0 saturated heterocycles. The van der Waals surface area contributed by atoms with Crippen LogP contribution in [0.1, 0.15) is 38.5 Å². The third-order valence-electron chi connectivity index (χ3n) is 1.50. The van der Waals surface area contributed by atoms with Gasteiger partial charge >= 0.3 is 42.1 Å². The van der Waals surface area contributed by atoms with E-state index in [1.165, 1.54) is 38.5 Å². The summed E-state index contributed by atoms with van der Waals surface area (Å²) in [5, 5.41) is 0. The van der Waals surface area contributed by atoms with Crippen molar-refractivity contribution in [1.29, 1.82) is 0 Å². The van der Waals surface area contributed by atoms with Gasteiger partial charge < -0.3 is 0 Å². The Balaban J connectivity index is 0.000000180. The molecule has 0 spiro atoms. The van der Waals surface area contributed by atoms with Gasteiger partial charge in [0.25, 0.3) is 0 Å². The molecule has 0 bridgehead atoms. The van der Waals surface area contributed by atoms with E-state index in [-0.39, 0.29) is 0 Å². The van der Waals surface area contributed by atoms with Crippen LogP contribution in [-0.2, 0) is 13.0 Å². The van der Waals surface area contributed by atoms with Gasteiger partial charge in [-0.05, 0) is 0 Å². The maximum atomic E-state index is 4.95. The van der Waals surface area contributed by atoms with Crippen LogP contribution < -0.4 is 0 Å². The number of rotatable bonds is 0. The van der Waals surface area contributed by atoms with Gasteiger partial charge in [0.15, 0.2) is 0 Å². The van der Waals surface area contributed by atoms with Crippen LogP contribution in [0.25, 0.3) is 0 Å². The fourth-order valence-electron chi connectivity index (χ4n) is 1.06. The molecule has 65 valence electrons. The average molecular weight is 292 g/mol. The summed E-state index contributed by atoms with van der Waals surface area (Å²) in [6.45, 7) is 0.